The molecule has 0 aromatic rings. The second-order valence-corrected chi connectivity index (χ2v) is 6.58. The molecule has 1 N–H and O–H groups in total. The van der Waals surface area contributed by atoms with E-state index in [4.69, 9.17) is 0 Å². The maximum Gasteiger partial charge on any atom is 0.0210 e. The molecular weight excluding hydrogens is 196 g/mol. The van der Waals surface area contributed by atoms with Crippen LogP contribution in [0.2, 0.25) is 0 Å². The van der Waals surface area contributed by atoms with Crippen molar-refractivity contribution < 1.29 is 0 Å². The van der Waals surface area contributed by atoms with Crippen molar-refractivity contribution in [2.24, 2.45) is 11.8 Å². The Morgan fingerprint density at radius 3 is 2.12 bits per heavy atom. The average molecular weight is 220 g/mol. The molecule has 0 radical (unpaired) electrons. The van der Waals surface area contributed by atoms with Gasteiger partial charge < -0.3 is 5.32 Å². The summed E-state index contributed by atoms with van der Waals surface area (Å²) in [5.41, 5.74) is 0. The predicted octanol–water partition coefficient (Wildman–Crippen LogP) is 2.00. The SMILES string of the molecule is C1CN(C2CC2)CC1NC(C1CC1)C1CC1. The quantitative estimate of drug-likeness (QED) is 0.762. The maximum absolute atomic E-state index is 4.01. The molecule has 3 aliphatic carbocycles. The summed E-state index contributed by atoms with van der Waals surface area (Å²) in [7, 11) is 0. The van der Waals surface area contributed by atoms with E-state index in [0.717, 1.165) is 30.0 Å². The fourth-order valence-electron chi connectivity index (χ4n) is 3.53. The summed E-state index contributed by atoms with van der Waals surface area (Å²) in [6, 6.07) is 2.71. The van der Waals surface area contributed by atoms with E-state index < -0.39 is 0 Å². The summed E-state index contributed by atoms with van der Waals surface area (Å²) in [5.74, 6) is 2.12. The van der Waals surface area contributed by atoms with Crippen molar-refractivity contribution in [1.29, 1.82) is 0 Å². The second kappa shape index (κ2) is 3.71. The highest BCUT2D eigenvalue weighted by Gasteiger charge is 2.43. The van der Waals surface area contributed by atoms with Crippen LogP contribution < -0.4 is 5.32 Å². The van der Waals surface area contributed by atoms with Gasteiger partial charge in [0.25, 0.3) is 0 Å². The van der Waals surface area contributed by atoms with Gasteiger partial charge in [-0.1, -0.05) is 0 Å². The highest BCUT2D eigenvalue weighted by Crippen LogP contribution is 2.45. The molecule has 1 atom stereocenters. The van der Waals surface area contributed by atoms with Gasteiger partial charge in [-0.2, -0.15) is 0 Å². The number of rotatable bonds is 5. The zero-order chi connectivity index (χ0) is 10.5. The van der Waals surface area contributed by atoms with Crippen LogP contribution in [-0.2, 0) is 0 Å². The molecule has 2 heteroatoms. The van der Waals surface area contributed by atoms with E-state index in [1.807, 2.05) is 0 Å². The van der Waals surface area contributed by atoms with E-state index >= 15 is 0 Å². The molecule has 90 valence electrons. The molecule has 4 rings (SSSR count). The van der Waals surface area contributed by atoms with Gasteiger partial charge in [-0.05, 0) is 56.8 Å². The first-order valence-corrected chi connectivity index (χ1v) is 7.40. The molecule has 1 saturated heterocycles. The number of likely N-dealkylation sites (tertiary alicyclic amines) is 1. The molecular formula is C14H24N2. The number of nitrogens with one attached hydrogen (secondary N) is 1. The summed E-state index contributed by atoms with van der Waals surface area (Å²) in [4.78, 5) is 2.73. The van der Waals surface area contributed by atoms with Crippen molar-refractivity contribution in [2.75, 3.05) is 13.1 Å². The predicted molar refractivity (Wildman–Crippen MR) is 65.4 cm³/mol. The molecule has 3 saturated carbocycles. The minimum atomic E-state index is 0.826. The fraction of sp³-hybridized carbons (Fsp3) is 1.00. The van der Waals surface area contributed by atoms with Gasteiger partial charge in [0.1, 0.15) is 0 Å². The molecule has 4 aliphatic rings. The monoisotopic (exact) mass is 220 g/mol. The molecule has 0 spiro atoms. The zero-order valence-electron chi connectivity index (χ0n) is 10.2. The topological polar surface area (TPSA) is 15.3 Å². The fourth-order valence-corrected chi connectivity index (χ4v) is 3.53. The third-order valence-corrected chi connectivity index (χ3v) is 4.97. The van der Waals surface area contributed by atoms with E-state index in [1.165, 1.54) is 58.0 Å². The highest BCUT2D eigenvalue weighted by molar-refractivity contribution is 5.00. The minimum absolute atomic E-state index is 0.826. The summed E-state index contributed by atoms with van der Waals surface area (Å²) in [5, 5.41) is 4.01. The van der Waals surface area contributed by atoms with Gasteiger partial charge in [0, 0.05) is 31.2 Å². The van der Waals surface area contributed by atoms with Crippen LogP contribution >= 0.6 is 0 Å². The van der Waals surface area contributed by atoms with Crippen LogP contribution in [0.1, 0.15) is 44.9 Å². The molecule has 0 aromatic carbocycles. The molecule has 1 heterocycles. The van der Waals surface area contributed by atoms with Crippen LogP contribution in [0.3, 0.4) is 0 Å². The maximum atomic E-state index is 4.01. The van der Waals surface area contributed by atoms with E-state index in [9.17, 15) is 0 Å². The van der Waals surface area contributed by atoms with Crippen molar-refractivity contribution in [1.82, 2.24) is 10.2 Å². The molecule has 4 fully saturated rings. The molecule has 1 unspecified atom stereocenters. The number of hydrogen-bond donors (Lipinski definition) is 1. The van der Waals surface area contributed by atoms with Gasteiger partial charge in [-0.25, -0.2) is 0 Å². The Morgan fingerprint density at radius 1 is 0.875 bits per heavy atom. The Morgan fingerprint density at radius 2 is 1.56 bits per heavy atom. The van der Waals surface area contributed by atoms with Crippen LogP contribution in [0.4, 0.5) is 0 Å². The largest absolute Gasteiger partial charge is 0.309 e. The molecule has 16 heavy (non-hydrogen) atoms. The molecule has 1 aliphatic heterocycles. The second-order valence-electron chi connectivity index (χ2n) is 6.58. The van der Waals surface area contributed by atoms with Crippen molar-refractivity contribution >= 4 is 0 Å². The van der Waals surface area contributed by atoms with Crippen LogP contribution in [0.15, 0.2) is 0 Å². The third kappa shape index (κ3) is 2.02. The normalized spacial score (nSPS) is 36.2. The Hall–Kier alpha value is -0.0800. The van der Waals surface area contributed by atoms with E-state index in [1.54, 1.807) is 0 Å². The first kappa shape index (κ1) is 9.90. The zero-order valence-corrected chi connectivity index (χ0v) is 10.2. The summed E-state index contributed by atoms with van der Waals surface area (Å²) < 4.78 is 0. The Balaban J connectivity index is 1.32. The van der Waals surface area contributed by atoms with Crippen molar-refractivity contribution in [2.45, 2.75) is 63.1 Å². The summed E-state index contributed by atoms with van der Waals surface area (Å²) >= 11 is 0. The lowest BCUT2D eigenvalue weighted by atomic mass is 10.1. The van der Waals surface area contributed by atoms with E-state index in [-0.39, 0.29) is 0 Å². The van der Waals surface area contributed by atoms with Crippen molar-refractivity contribution in [3.63, 3.8) is 0 Å². The van der Waals surface area contributed by atoms with Crippen LogP contribution in [0, 0.1) is 11.8 Å². The summed E-state index contributed by atoms with van der Waals surface area (Å²) in [6.07, 6.45) is 10.4. The van der Waals surface area contributed by atoms with E-state index in [2.05, 4.69) is 10.2 Å². The minimum Gasteiger partial charge on any atom is -0.309 e. The highest BCUT2D eigenvalue weighted by atomic mass is 15.2. The van der Waals surface area contributed by atoms with Gasteiger partial charge in [0.15, 0.2) is 0 Å². The Bertz CT molecular complexity index is 254. The standard InChI is InChI=1S/C14H24N2/c1-2-10(1)14(11-3-4-11)15-12-7-8-16(9-12)13-5-6-13/h10-15H,1-9H2. The third-order valence-electron chi connectivity index (χ3n) is 4.97. The first-order valence-electron chi connectivity index (χ1n) is 7.40. The van der Waals surface area contributed by atoms with Crippen LogP contribution in [0.5, 0.6) is 0 Å². The number of hydrogen-bond acceptors (Lipinski definition) is 2. The Labute approximate surface area is 98.8 Å². The van der Waals surface area contributed by atoms with Gasteiger partial charge >= 0.3 is 0 Å². The molecule has 0 aromatic heterocycles. The summed E-state index contributed by atoms with van der Waals surface area (Å²) in [6.45, 7) is 2.71. The molecule has 2 nitrogen and oxygen atoms in total. The number of nitrogens with zero attached hydrogens (tertiary/aromatic N) is 1. The lowest BCUT2D eigenvalue weighted by Gasteiger charge is -2.23. The first-order chi connectivity index (χ1) is 7.90. The van der Waals surface area contributed by atoms with E-state index in [0.29, 0.717) is 0 Å². The van der Waals surface area contributed by atoms with Crippen LogP contribution in [0.25, 0.3) is 0 Å². The Kier molecular flexibility index (Phi) is 2.29. The van der Waals surface area contributed by atoms with Crippen LogP contribution in [-0.4, -0.2) is 36.1 Å². The lowest BCUT2D eigenvalue weighted by Crippen LogP contribution is -2.42. The lowest BCUT2D eigenvalue weighted by molar-refractivity contribution is 0.302. The smallest absolute Gasteiger partial charge is 0.0210 e. The van der Waals surface area contributed by atoms with Gasteiger partial charge in [-0.3, -0.25) is 4.90 Å². The molecule has 0 amide bonds. The average Bonchev–Trinajstić information content (AvgIpc) is 3.08. The van der Waals surface area contributed by atoms with Gasteiger partial charge in [0.2, 0.25) is 0 Å². The molecule has 0 bridgehead atoms. The van der Waals surface area contributed by atoms with Gasteiger partial charge in [-0.15, -0.1) is 0 Å². The van der Waals surface area contributed by atoms with Gasteiger partial charge in [0.05, 0.1) is 0 Å². The van der Waals surface area contributed by atoms with Crippen molar-refractivity contribution in [3.05, 3.63) is 0 Å². The van der Waals surface area contributed by atoms with Crippen molar-refractivity contribution in [3.8, 4) is 0 Å².